The van der Waals surface area contributed by atoms with Crippen LogP contribution in [-0.4, -0.2) is 4.57 Å². The topological polar surface area (TPSA) is 8.17 Å². The first-order chi connectivity index (χ1) is 31.3. The van der Waals surface area contributed by atoms with Gasteiger partial charge in [-0.2, -0.15) is 0 Å². The molecule has 1 spiro atoms. The van der Waals surface area contributed by atoms with Gasteiger partial charge in [0.1, 0.15) is 0 Å². The van der Waals surface area contributed by atoms with Gasteiger partial charge in [0, 0.05) is 22.0 Å². The summed E-state index contributed by atoms with van der Waals surface area (Å²) >= 11 is 0. The first-order valence-corrected chi connectivity index (χ1v) is 21.9. The zero-order valence-electron chi connectivity index (χ0n) is 34.3. The summed E-state index contributed by atoms with van der Waals surface area (Å²) in [6.07, 6.45) is 0. The van der Waals surface area contributed by atoms with Gasteiger partial charge in [0.05, 0.1) is 33.5 Å². The fraction of sp³-hybridized carbons (Fsp3) is 0.0164. The van der Waals surface area contributed by atoms with Gasteiger partial charge in [0.15, 0.2) is 0 Å². The summed E-state index contributed by atoms with van der Waals surface area (Å²) in [5.41, 5.74) is 16.8. The van der Waals surface area contributed by atoms with Gasteiger partial charge in [-0.15, -0.1) is 0 Å². The zero-order chi connectivity index (χ0) is 41.2. The van der Waals surface area contributed by atoms with Gasteiger partial charge in [0.2, 0.25) is 0 Å². The number of nitrogens with zero attached hydrogens (tertiary/aromatic N) is 2. The quantitative estimate of drug-likeness (QED) is 0.161. The maximum Gasteiger partial charge on any atom is 0.0746 e. The van der Waals surface area contributed by atoms with Gasteiger partial charge >= 0.3 is 0 Å². The summed E-state index contributed by atoms with van der Waals surface area (Å²) in [6.45, 7) is 0. The van der Waals surface area contributed by atoms with Crippen LogP contribution in [0.15, 0.2) is 231 Å². The Morgan fingerprint density at radius 1 is 0.302 bits per heavy atom. The Kier molecular flexibility index (Phi) is 7.07. The molecular weight excluding hydrogens is 761 g/mol. The van der Waals surface area contributed by atoms with Crippen LogP contribution >= 0.6 is 0 Å². The molecule has 63 heavy (non-hydrogen) atoms. The van der Waals surface area contributed by atoms with E-state index in [0.717, 1.165) is 22.7 Å². The molecule has 0 aliphatic heterocycles. The Labute approximate surface area is 365 Å². The molecule has 0 saturated carbocycles. The molecule has 0 saturated heterocycles. The van der Waals surface area contributed by atoms with Crippen LogP contribution in [0.3, 0.4) is 0 Å². The van der Waals surface area contributed by atoms with Crippen LogP contribution in [0.5, 0.6) is 0 Å². The molecule has 0 unspecified atom stereocenters. The van der Waals surface area contributed by atoms with Crippen LogP contribution in [0.25, 0.3) is 82.1 Å². The average molecular weight is 799 g/mol. The smallest absolute Gasteiger partial charge is 0.0746 e. The molecule has 1 heterocycles. The molecule has 0 radical (unpaired) electrons. The molecule has 0 N–H and O–H groups in total. The summed E-state index contributed by atoms with van der Waals surface area (Å²) in [5.74, 6) is 0. The molecule has 0 atom stereocenters. The van der Waals surface area contributed by atoms with Gasteiger partial charge < -0.3 is 9.47 Å². The Balaban J connectivity index is 1.14. The van der Waals surface area contributed by atoms with Crippen LogP contribution in [0, 0.1) is 0 Å². The number of anilines is 3. The van der Waals surface area contributed by atoms with E-state index >= 15 is 0 Å². The van der Waals surface area contributed by atoms with Crippen molar-refractivity contribution in [1.29, 1.82) is 0 Å². The number of hydrogen-bond donors (Lipinski definition) is 0. The molecule has 2 aliphatic carbocycles. The van der Waals surface area contributed by atoms with Crippen molar-refractivity contribution in [3.05, 3.63) is 253 Å². The summed E-state index contributed by atoms with van der Waals surface area (Å²) < 4.78 is 2.48. The molecule has 2 heteroatoms. The van der Waals surface area contributed by atoms with E-state index in [2.05, 4.69) is 240 Å². The van der Waals surface area contributed by atoms with Crippen molar-refractivity contribution in [1.82, 2.24) is 4.57 Å². The van der Waals surface area contributed by atoms with Crippen molar-refractivity contribution in [2.45, 2.75) is 5.41 Å². The highest BCUT2D eigenvalue weighted by molar-refractivity contribution is 6.26. The third-order valence-corrected chi connectivity index (χ3v) is 14.2. The van der Waals surface area contributed by atoms with Crippen molar-refractivity contribution in [3.8, 4) is 27.9 Å². The highest BCUT2D eigenvalue weighted by Gasteiger charge is 2.53. The van der Waals surface area contributed by atoms with Crippen molar-refractivity contribution in [2.75, 3.05) is 4.90 Å². The lowest BCUT2D eigenvalue weighted by atomic mass is 9.70. The average Bonchev–Trinajstić information content (AvgIpc) is 3.97. The second-order valence-corrected chi connectivity index (χ2v) is 17.1. The molecule has 14 rings (SSSR count). The van der Waals surface area contributed by atoms with E-state index in [1.54, 1.807) is 0 Å². The molecule has 2 nitrogen and oxygen atoms in total. The van der Waals surface area contributed by atoms with Gasteiger partial charge in [0.25, 0.3) is 0 Å². The lowest BCUT2D eigenvalue weighted by Gasteiger charge is -2.36. The lowest BCUT2D eigenvalue weighted by Crippen LogP contribution is -2.28. The second kappa shape index (κ2) is 12.9. The van der Waals surface area contributed by atoms with Crippen LogP contribution in [-0.2, 0) is 5.41 Å². The maximum absolute atomic E-state index is 2.58. The van der Waals surface area contributed by atoms with Gasteiger partial charge in [-0.25, -0.2) is 0 Å². The van der Waals surface area contributed by atoms with E-state index in [1.807, 2.05) is 0 Å². The minimum absolute atomic E-state index is 0.546. The second-order valence-electron chi connectivity index (χ2n) is 17.1. The molecule has 0 amide bonds. The predicted molar refractivity (Wildman–Crippen MR) is 264 cm³/mol. The predicted octanol–water partition coefficient (Wildman–Crippen LogP) is 16.1. The Morgan fingerprint density at radius 3 is 1.30 bits per heavy atom. The molecule has 0 fully saturated rings. The first-order valence-electron chi connectivity index (χ1n) is 21.9. The summed E-state index contributed by atoms with van der Waals surface area (Å²) in [4.78, 5) is 2.58. The number of hydrogen-bond acceptors (Lipinski definition) is 1. The monoisotopic (exact) mass is 798 g/mol. The minimum atomic E-state index is -0.546. The maximum atomic E-state index is 2.58. The van der Waals surface area contributed by atoms with Crippen molar-refractivity contribution in [2.24, 2.45) is 0 Å². The van der Waals surface area contributed by atoms with Crippen molar-refractivity contribution < 1.29 is 0 Å². The van der Waals surface area contributed by atoms with Gasteiger partial charge in [-0.05, 0) is 114 Å². The summed E-state index contributed by atoms with van der Waals surface area (Å²) in [5, 5.41) is 10.0. The van der Waals surface area contributed by atoms with Crippen molar-refractivity contribution >= 4 is 71.2 Å². The van der Waals surface area contributed by atoms with Gasteiger partial charge in [-0.1, -0.05) is 188 Å². The highest BCUT2D eigenvalue weighted by atomic mass is 15.2. The van der Waals surface area contributed by atoms with Crippen LogP contribution in [0.2, 0.25) is 0 Å². The third-order valence-electron chi connectivity index (χ3n) is 14.2. The number of fused-ring (bicyclic) bond motifs is 19. The Bertz CT molecular complexity index is 3730. The van der Waals surface area contributed by atoms with Crippen molar-refractivity contribution in [3.63, 3.8) is 0 Å². The Hall–Kier alpha value is -8.20. The number of rotatable bonds is 4. The minimum Gasteiger partial charge on any atom is -0.308 e. The molecule has 11 aromatic carbocycles. The van der Waals surface area contributed by atoms with Gasteiger partial charge in [-0.3, -0.25) is 0 Å². The molecular formula is C61H38N2. The van der Waals surface area contributed by atoms with Crippen LogP contribution in [0.4, 0.5) is 17.1 Å². The fourth-order valence-corrected chi connectivity index (χ4v) is 11.8. The van der Waals surface area contributed by atoms with E-state index < -0.39 is 5.41 Å². The number of para-hydroxylation sites is 4. The SMILES string of the molecule is c1ccc2c(c1)-c1ccccc1C21c2ccccc2-c2cccc(N(c3ccc4c5ccccc5c5ccccc5c4c3)c3ccccc3-n3c4ccccc4c4ccccc43)c21. The van der Waals surface area contributed by atoms with E-state index in [1.165, 1.54) is 98.6 Å². The number of benzene rings is 11. The van der Waals surface area contributed by atoms with E-state index in [9.17, 15) is 0 Å². The lowest BCUT2D eigenvalue weighted by molar-refractivity contribution is 0.793. The molecule has 1 aromatic heterocycles. The first kappa shape index (κ1) is 34.5. The van der Waals surface area contributed by atoms with E-state index in [-0.39, 0.29) is 0 Å². The normalized spacial score (nSPS) is 13.2. The van der Waals surface area contributed by atoms with E-state index in [0.29, 0.717) is 0 Å². The highest BCUT2D eigenvalue weighted by Crippen LogP contribution is 2.65. The molecule has 2 aliphatic rings. The summed E-state index contributed by atoms with van der Waals surface area (Å²) in [6, 6.07) is 86.1. The molecule has 0 bridgehead atoms. The van der Waals surface area contributed by atoms with E-state index in [4.69, 9.17) is 0 Å². The number of aromatic nitrogens is 1. The standard InChI is InChI=1S/C61H38N2/c1-2-20-42-40(18-1)41-19-3-4-21-43(41)51-38-39(36-37-44(42)51)62(57-33-15-16-34-58(57)63-55-31-13-8-25-48(55)49-26-9-14-32-56(49)63)59-35-17-27-50-47-24-7-12-30-54(47)61(60(50)59)52-28-10-5-22-45(52)46-23-6-11-29-53(46)61/h1-38H. The van der Waals surface area contributed by atoms with Crippen LogP contribution < -0.4 is 4.90 Å². The van der Waals surface area contributed by atoms with Crippen LogP contribution in [0.1, 0.15) is 22.3 Å². The fourth-order valence-electron chi connectivity index (χ4n) is 11.8. The molecule has 292 valence electrons. The third kappa shape index (κ3) is 4.52. The summed E-state index contributed by atoms with van der Waals surface area (Å²) in [7, 11) is 0. The largest absolute Gasteiger partial charge is 0.308 e. The Morgan fingerprint density at radius 2 is 0.714 bits per heavy atom. The molecule has 12 aromatic rings. The zero-order valence-corrected chi connectivity index (χ0v) is 34.3.